The molecule has 2 unspecified atom stereocenters. The Bertz CT molecular complexity index is 1690. The Labute approximate surface area is 385 Å². The zero-order valence-corrected chi connectivity index (χ0v) is 43.3. The van der Waals surface area contributed by atoms with Gasteiger partial charge in [0.25, 0.3) is 0 Å². The van der Waals surface area contributed by atoms with E-state index in [1.165, 1.54) is 0 Å². The zero-order chi connectivity index (χ0) is 49.7. The summed E-state index contributed by atoms with van der Waals surface area (Å²) >= 11 is 0. The molecule has 2 aliphatic heterocycles. The first-order valence-corrected chi connectivity index (χ1v) is 29.8. The standard InChI is InChI=1S/C46H75F6O10PSi2/c1-33-23-25-56-37(27-33)20-21-41(62-65(12,13)44(7,8)9)40(60-42(54)30-63(55,57-31-45(47,48)49)58-32-46(50,51)52)19-15-18-39(61-64(10,11)43(4,5)6)29-35(3)26-34(2)28-38-17-14-16-36(59-38)22-24-53/h14-16,18,20-21,23-24,34,36-41H,3,17,19,22,25-32H2,1-2,4-13H3/b18-15+,21-20+/t34-,36-,37+,38-,39?,40-,41?/m0/s1. The van der Waals surface area contributed by atoms with Gasteiger partial charge in [-0.1, -0.05) is 109 Å². The smallest absolute Gasteiger partial charge is 0.412 e. The second-order valence-corrected chi connectivity index (χ2v) is 31.9. The van der Waals surface area contributed by atoms with Crippen LogP contribution >= 0.6 is 7.60 Å². The van der Waals surface area contributed by atoms with Crippen molar-refractivity contribution in [1.29, 1.82) is 0 Å². The van der Waals surface area contributed by atoms with Crippen LogP contribution < -0.4 is 0 Å². The van der Waals surface area contributed by atoms with Crippen LogP contribution in [0.5, 0.6) is 0 Å². The minimum atomic E-state index is -5.35. The maximum Gasteiger partial charge on any atom is 0.412 e. The number of alkyl halides is 6. The molecule has 0 aromatic heterocycles. The summed E-state index contributed by atoms with van der Waals surface area (Å²) in [6, 6.07) is 0. The maximum atomic E-state index is 13.7. The van der Waals surface area contributed by atoms with E-state index < -0.39 is 80.2 Å². The third-order valence-corrected chi connectivity index (χ3v) is 22.7. The van der Waals surface area contributed by atoms with Crippen molar-refractivity contribution in [2.75, 3.05) is 26.0 Å². The van der Waals surface area contributed by atoms with E-state index in [1.807, 2.05) is 65.1 Å². The lowest BCUT2D eigenvalue weighted by Gasteiger charge is -2.40. The first-order chi connectivity index (χ1) is 29.6. The fraction of sp³-hybridized carbons (Fsp3) is 0.739. The molecule has 65 heavy (non-hydrogen) atoms. The lowest BCUT2D eigenvalue weighted by molar-refractivity contribution is -0.167. The Kier molecular flexibility index (Phi) is 22.6. The van der Waals surface area contributed by atoms with E-state index in [2.05, 4.69) is 56.4 Å². The molecule has 7 atom stereocenters. The summed E-state index contributed by atoms with van der Waals surface area (Å²) < 4.78 is 133. The van der Waals surface area contributed by atoms with Gasteiger partial charge < -0.3 is 27.9 Å². The molecule has 0 spiro atoms. The monoisotopic (exact) mass is 988 g/mol. The number of halogens is 6. The average molecular weight is 989 g/mol. The highest BCUT2D eigenvalue weighted by atomic mass is 31.2. The molecule has 0 saturated carbocycles. The van der Waals surface area contributed by atoms with Crippen molar-refractivity contribution in [3.8, 4) is 0 Å². The summed E-state index contributed by atoms with van der Waals surface area (Å²) in [6.45, 7) is 25.0. The summed E-state index contributed by atoms with van der Waals surface area (Å²) in [6.07, 6.45) is 2.25. The lowest BCUT2D eigenvalue weighted by Crippen LogP contribution is -2.47. The van der Waals surface area contributed by atoms with Crippen molar-refractivity contribution >= 4 is 36.5 Å². The van der Waals surface area contributed by atoms with Crippen molar-refractivity contribution in [1.82, 2.24) is 0 Å². The van der Waals surface area contributed by atoms with E-state index in [4.69, 9.17) is 23.1 Å². The third-order valence-electron chi connectivity index (χ3n) is 12.0. The van der Waals surface area contributed by atoms with Crippen LogP contribution in [0.2, 0.25) is 36.3 Å². The average Bonchev–Trinajstić information content (AvgIpc) is 3.13. The molecule has 2 heterocycles. The molecule has 10 nitrogen and oxygen atoms in total. The number of rotatable bonds is 25. The second-order valence-electron chi connectivity index (χ2n) is 20.4. The number of carbonyl (C=O) groups is 2. The number of carbonyl (C=O) groups excluding carboxylic acids is 2. The Morgan fingerprint density at radius 2 is 1.52 bits per heavy atom. The summed E-state index contributed by atoms with van der Waals surface area (Å²) in [4.78, 5) is 24.8. The van der Waals surface area contributed by atoms with E-state index in [-0.39, 0.29) is 40.7 Å². The highest BCUT2D eigenvalue weighted by molar-refractivity contribution is 7.54. The predicted molar refractivity (Wildman–Crippen MR) is 247 cm³/mol. The van der Waals surface area contributed by atoms with Gasteiger partial charge in [0.15, 0.2) is 29.8 Å². The minimum Gasteiger partial charge on any atom is -0.458 e. The highest BCUT2D eigenvalue weighted by Crippen LogP contribution is 2.50. The van der Waals surface area contributed by atoms with Crippen LogP contribution in [-0.4, -0.2) is 104 Å². The zero-order valence-electron chi connectivity index (χ0n) is 40.4. The number of hydrogen-bond donors (Lipinski definition) is 0. The summed E-state index contributed by atoms with van der Waals surface area (Å²) in [7, 11) is -10.5. The molecule has 0 N–H and O–H groups in total. The van der Waals surface area contributed by atoms with Crippen LogP contribution in [0.4, 0.5) is 26.3 Å². The van der Waals surface area contributed by atoms with Crippen molar-refractivity contribution in [2.45, 2.75) is 186 Å². The lowest BCUT2D eigenvalue weighted by atomic mass is 9.91. The number of ether oxygens (including phenoxy) is 3. The highest BCUT2D eigenvalue weighted by Gasteiger charge is 2.44. The van der Waals surface area contributed by atoms with Crippen molar-refractivity contribution in [2.24, 2.45) is 5.92 Å². The minimum absolute atomic E-state index is 0.0337. The van der Waals surface area contributed by atoms with Crippen molar-refractivity contribution < 1.29 is 72.6 Å². The van der Waals surface area contributed by atoms with Gasteiger partial charge in [-0.25, -0.2) is 0 Å². The van der Waals surface area contributed by atoms with Crippen molar-refractivity contribution in [3.63, 3.8) is 0 Å². The van der Waals surface area contributed by atoms with Gasteiger partial charge in [0.05, 0.1) is 31.0 Å². The topological polar surface area (TPSA) is 116 Å². The van der Waals surface area contributed by atoms with Crippen molar-refractivity contribution in [3.05, 3.63) is 60.3 Å². The van der Waals surface area contributed by atoms with Gasteiger partial charge in [-0.2, -0.15) is 26.3 Å². The Balaban J connectivity index is 2.57. The molecular formula is C46H75F6O10PSi2. The SMILES string of the molecule is C=C(CC(/C=C/C[C@H](OC(=O)CP(=O)(OCC(F)(F)F)OCC(F)(F)F)C(/C=C/[C@@H]1CC(C)=CCO1)O[Si](C)(C)C(C)(C)C)O[Si](C)(C)C(C)(C)C)C[C@H](C)C[C@@H]1CC=C[C@@H](CC=O)O1. The molecule has 2 rings (SSSR count). The van der Waals surface area contributed by atoms with Crippen LogP contribution in [0.1, 0.15) is 100 Å². The normalized spacial score (nSPS) is 21.6. The summed E-state index contributed by atoms with van der Waals surface area (Å²) in [5.41, 5.74) is 2.02. The number of aldehydes is 1. The van der Waals surface area contributed by atoms with E-state index in [1.54, 1.807) is 18.2 Å². The van der Waals surface area contributed by atoms with Crippen LogP contribution in [0, 0.1) is 5.92 Å². The first-order valence-electron chi connectivity index (χ1n) is 22.2. The van der Waals surface area contributed by atoms with Crippen LogP contribution in [0.25, 0.3) is 0 Å². The molecule has 0 radical (unpaired) electrons. The number of esters is 1. The quantitative estimate of drug-likeness (QED) is 0.0219. The van der Waals surface area contributed by atoms with Gasteiger partial charge in [0.2, 0.25) is 0 Å². The Hall–Kier alpha value is -2.16. The van der Waals surface area contributed by atoms with E-state index in [0.717, 1.165) is 30.3 Å². The summed E-state index contributed by atoms with van der Waals surface area (Å²) in [5, 5.41) is -0.527. The molecule has 0 fully saturated rings. The van der Waals surface area contributed by atoms with E-state index in [0.29, 0.717) is 32.3 Å². The van der Waals surface area contributed by atoms with Gasteiger partial charge in [0.1, 0.15) is 24.7 Å². The van der Waals surface area contributed by atoms with E-state index in [9.17, 15) is 40.5 Å². The second kappa shape index (κ2) is 24.9. The maximum absolute atomic E-state index is 13.7. The fourth-order valence-corrected chi connectivity index (χ4v) is 10.4. The van der Waals surface area contributed by atoms with E-state index >= 15 is 0 Å². The van der Waals surface area contributed by atoms with Gasteiger partial charge in [0, 0.05) is 12.8 Å². The Morgan fingerprint density at radius 3 is 2.06 bits per heavy atom. The predicted octanol–water partition coefficient (Wildman–Crippen LogP) is 12.9. The molecular weight excluding hydrogens is 914 g/mol. The molecule has 0 aliphatic carbocycles. The van der Waals surface area contributed by atoms with Gasteiger partial charge in [-0.05, 0) is 81.2 Å². The molecule has 0 amide bonds. The number of hydrogen-bond acceptors (Lipinski definition) is 10. The largest absolute Gasteiger partial charge is 0.458 e. The van der Waals surface area contributed by atoms with Crippen LogP contribution in [0.3, 0.4) is 0 Å². The van der Waals surface area contributed by atoms with Gasteiger partial charge in [-0.3, -0.25) is 18.4 Å². The fourth-order valence-electron chi connectivity index (χ4n) is 6.54. The summed E-state index contributed by atoms with van der Waals surface area (Å²) in [5.74, 6) is -1.21. The molecule has 2 aliphatic rings. The molecule has 19 heteroatoms. The van der Waals surface area contributed by atoms with Crippen LogP contribution in [0.15, 0.2) is 60.3 Å². The molecule has 374 valence electrons. The molecule has 0 aromatic carbocycles. The third kappa shape index (κ3) is 22.7. The first kappa shape index (κ1) is 59.0. The molecule has 0 bridgehead atoms. The van der Waals surface area contributed by atoms with Crippen LogP contribution in [-0.2, 0) is 46.3 Å². The molecule has 0 saturated heterocycles. The molecule has 0 aromatic rings. The van der Waals surface area contributed by atoms with Gasteiger partial charge in [-0.15, -0.1) is 0 Å². The van der Waals surface area contributed by atoms with Gasteiger partial charge >= 0.3 is 25.9 Å². The Morgan fingerprint density at radius 1 is 0.938 bits per heavy atom.